The minimum Gasteiger partial charge on any atom is -0.328 e. The molecule has 0 spiro atoms. The highest BCUT2D eigenvalue weighted by Crippen LogP contribution is 2.09. The summed E-state index contributed by atoms with van der Waals surface area (Å²) in [4.78, 5) is 20.5. The Bertz CT molecular complexity index is 547. The fourth-order valence-electron chi connectivity index (χ4n) is 1.80. The van der Waals surface area contributed by atoms with E-state index in [1.165, 1.54) is 0 Å². The van der Waals surface area contributed by atoms with Crippen LogP contribution in [-0.2, 0) is 13.1 Å². The minimum atomic E-state index is -0.0921. The van der Waals surface area contributed by atoms with E-state index in [0.717, 1.165) is 13.0 Å². The Hall–Kier alpha value is -2.01. The van der Waals surface area contributed by atoms with Gasteiger partial charge in [0.2, 0.25) is 5.78 Å². The molecule has 0 aliphatic carbocycles. The lowest BCUT2D eigenvalue weighted by molar-refractivity contribution is 0.102. The summed E-state index contributed by atoms with van der Waals surface area (Å²) >= 11 is 0. The summed E-state index contributed by atoms with van der Waals surface area (Å²) in [6.07, 6.45) is 6.03. The standard InChI is InChI=1S/C13H16N4O/c1-2-6-17-7-5-16-13(17)12(18)10-3-4-15-11(8-10)9-14/h3-5,7-8H,2,6,9,14H2,1H3. The first-order valence-corrected chi connectivity index (χ1v) is 5.97. The van der Waals surface area contributed by atoms with E-state index < -0.39 is 0 Å². The lowest BCUT2D eigenvalue weighted by Gasteiger charge is -2.06. The summed E-state index contributed by atoms with van der Waals surface area (Å²) < 4.78 is 1.87. The zero-order valence-electron chi connectivity index (χ0n) is 10.3. The van der Waals surface area contributed by atoms with Gasteiger partial charge in [0.25, 0.3) is 0 Å². The first kappa shape index (κ1) is 12.4. The molecule has 0 aliphatic heterocycles. The van der Waals surface area contributed by atoms with Crippen LogP contribution >= 0.6 is 0 Å². The van der Waals surface area contributed by atoms with Crippen molar-refractivity contribution in [2.75, 3.05) is 0 Å². The Morgan fingerprint density at radius 3 is 2.94 bits per heavy atom. The van der Waals surface area contributed by atoms with Gasteiger partial charge in [-0.1, -0.05) is 6.92 Å². The maximum atomic E-state index is 12.3. The molecule has 0 saturated heterocycles. The smallest absolute Gasteiger partial charge is 0.228 e. The molecular weight excluding hydrogens is 228 g/mol. The van der Waals surface area contributed by atoms with Gasteiger partial charge in [0.15, 0.2) is 5.82 Å². The van der Waals surface area contributed by atoms with Crippen LogP contribution in [0.1, 0.15) is 35.2 Å². The summed E-state index contributed by atoms with van der Waals surface area (Å²) in [5.74, 6) is 0.372. The Balaban J connectivity index is 2.32. The summed E-state index contributed by atoms with van der Waals surface area (Å²) in [5, 5.41) is 0. The molecule has 0 amide bonds. The van der Waals surface area contributed by atoms with Crippen molar-refractivity contribution in [1.29, 1.82) is 0 Å². The van der Waals surface area contributed by atoms with Crippen LogP contribution in [0.4, 0.5) is 0 Å². The Morgan fingerprint density at radius 1 is 1.39 bits per heavy atom. The molecular formula is C13H16N4O. The monoisotopic (exact) mass is 244 g/mol. The molecule has 2 N–H and O–H groups in total. The third kappa shape index (κ3) is 2.46. The van der Waals surface area contributed by atoms with Crippen LogP contribution in [0.3, 0.4) is 0 Å². The summed E-state index contributed by atoms with van der Waals surface area (Å²) in [5.41, 5.74) is 6.80. The Morgan fingerprint density at radius 2 is 2.22 bits per heavy atom. The van der Waals surface area contributed by atoms with Crippen LogP contribution in [0.25, 0.3) is 0 Å². The van der Waals surface area contributed by atoms with Crippen LogP contribution in [0.15, 0.2) is 30.7 Å². The summed E-state index contributed by atoms with van der Waals surface area (Å²) in [7, 11) is 0. The van der Waals surface area contributed by atoms with Crippen molar-refractivity contribution in [3.63, 3.8) is 0 Å². The molecule has 5 heteroatoms. The normalized spacial score (nSPS) is 10.6. The van der Waals surface area contributed by atoms with Crippen LogP contribution in [0.5, 0.6) is 0 Å². The second kappa shape index (κ2) is 5.55. The average molecular weight is 244 g/mol. The quantitative estimate of drug-likeness (QED) is 0.806. The van der Waals surface area contributed by atoms with Gasteiger partial charge in [-0.05, 0) is 18.6 Å². The number of imidazole rings is 1. The number of carbonyl (C=O) groups is 1. The van der Waals surface area contributed by atoms with Crippen LogP contribution in [-0.4, -0.2) is 20.3 Å². The van der Waals surface area contributed by atoms with Gasteiger partial charge in [-0.2, -0.15) is 0 Å². The molecule has 0 unspecified atom stereocenters. The van der Waals surface area contributed by atoms with Gasteiger partial charge in [0.05, 0.1) is 5.69 Å². The maximum absolute atomic E-state index is 12.3. The van der Waals surface area contributed by atoms with E-state index in [-0.39, 0.29) is 5.78 Å². The molecule has 2 rings (SSSR count). The van der Waals surface area contributed by atoms with Gasteiger partial charge in [0, 0.05) is 37.2 Å². The second-order valence-electron chi connectivity index (χ2n) is 4.01. The molecule has 0 bridgehead atoms. The molecule has 2 aromatic heterocycles. The van der Waals surface area contributed by atoms with E-state index >= 15 is 0 Å². The van der Waals surface area contributed by atoms with E-state index in [1.807, 2.05) is 10.8 Å². The highest BCUT2D eigenvalue weighted by molar-refractivity contribution is 6.06. The third-order valence-corrected chi connectivity index (χ3v) is 2.67. The van der Waals surface area contributed by atoms with Gasteiger partial charge < -0.3 is 10.3 Å². The highest BCUT2D eigenvalue weighted by atomic mass is 16.1. The number of rotatable bonds is 5. The molecule has 0 aliphatic rings. The predicted molar refractivity (Wildman–Crippen MR) is 68.1 cm³/mol. The van der Waals surface area contributed by atoms with Gasteiger partial charge in [-0.15, -0.1) is 0 Å². The van der Waals surface area contributed by atoms with Gasteiger partial charge in [-0.3, -0.25) is 9.78 Å². The zero-order chi connectivity index (χ0) is 13.0. The molecule has 0 atom stereocenters. The van der Waals surface area contributed by atoms with E-state index in [1.54, 1.807) is 24.5 Å². The topological polar surface area (TPSA) is 73.8 Å². The average Bonchev–Trinajstić information content (AvgIpc) is 2.86. The van der Waals surface area contributed by atoms with Crippen LogP contribution in [0, 0.1) is 0 Å². The van der Waals surface area contributed by atoms with Crippen molar-refractivity contribution < 1.29 is 4.79 Å². The van der Waals surface area contributed by atoms with Crippen molar-refractivity contribution in [1.82, 2.24) is 14.5 Å². The molecule has 5 nitrogen and oxygen atoms in total. The summed E-state index contributed by atoms with van der Waals surface area (Å²) in [6.45, 7) is 3.17. The van der Waals surface area contributed by atoms with Crippen LogP contribution in [0.2, 0.25) is 0 Å². The molecule has 0 radical (unpaired) electrons. The van der Waals surface area contributed by atoms with E-state index in [4.69, 9.17) is 5.73 Å². The number of hydrogen-bond acceptors (Lipinski definition) is 4. The molecule has 0 saturated carbocycles. The molecule has 0 fully saturated rings. The number of hydrogen-bond donors (Lipinski definition) is 1. The number of nitrogens with two attached hydrogens (primary N) is 1. The lowest BCUT2D eigenvalue weighted by Crippen LogP contribution is -2.12. The fraction of sp³-hybridized carbons (Fsp3) is 0.308. The summed E-state index contributed by atoms with van der Waals surface area (Å²) in [6, 6.07) is 3.40. The van der Waals surface area contributed by atoms with Gasteiger partial charge in [0.1, 0.15) is 0 Å². The van der Waals surface area contributed by atoms with E-state index in [9.17, 15) is 4.79 Å². The fourth-order valence-corrected chi connectivity index (χ4v) is 1.80. The van der Waals surface area contributed by atoms with Crippen molar-refractivity contribution in [3.8, 4) is 0 Å². The lowest BCUT2D eigenvalue weighted by atomic mass is 10.1. The zero-order valence-corrected chi connectivity index (χ0v) is 10.3. The SMILES string of the molecule is CCCn1ccnc1C(=O)c1ccnc(CN)c1. The largest absolute Gasteiger partial charge is 0.328 e. The van der Waals surface area contributed by atoms with Crippen molar-refractivity contribution >= 4 is 5.78 Å². The number of carbonyl (C=O) groups excluding carboxylic acids is 1. The molecule has 0 aromatic carbocycles. The number of ketones is 1. The molecule has 2 aromatic rings. The molecule has 18 heavy (non-hydrogen) atoms. The predicted octanol–water partition coefficient (Wildman–Crippen LogP) is 1.38. The third-order valence-electron chi connectivity index (χ3n) is 2.67. The van der Waals surface area contributed by atoms with Crippen LogP contribution < -0.4 is 5.73 Å². The Labute approximate surface area is 106 Å². The number of nitrogens with zero attached hydrogens (tertiary/aromatic N) is 3. The minimum absolute atomic E-state index is 0.0921. The first-order valence-electron chi connectivity index (χ1n) is 5.97. The van der Waals surface area contributed by atoms with Crippen molar-refractivity contribution in [2.24, 2.45) is 5.73 Å². The van der Waals surface area contributed by atoms with Gasteiger partial charge >= 0.3 is 0 Å². The number of aromatic nitrogens is 3. The highest BCUT2D eigenvalue weighted by Gasteiger charge is 2.15. The second-order valence-corrected chi connectivity index (χ2v) is 4.01. The number of aryl methyl sites for hydroxylation is 1. The first-order chi connectivity index (χ1) is 8.76. The molecule has 94 valence electrons. The molecule has 2 heterocycles. The number of pyridine rings is 1. The van der Waals surface area contributed by atoms with E-state index in [0.29, 0.717) is 23.6 Å². The van der Waals surface area contributed by atoms with Crippen molar-refractivity contribution in [3.05, 3.63) is 47.8 Å². The van der Waals surface area contributed by atoms with Crippen molar-refractivity contribution in [2.45, 2.75) is 26.4 Å². The van der Waals surface area contributed by atoms with Gasteiger partial charge in [-0.25, -0.2) is 4.98 Å². The Kier molecular flexibility index (Phi) is 3.84. The van der Waals surface area contributed by atoms with E-state index in [2.05, 4.69) is 16.9 Å². The maximum Gasteiger partial charge on any atom is 0.228 e.